The summed E-state index contributed by atoms with van der Waals surface area (Å²) >= 11 is 0. The van der Waals surface area contributed by atoms with Gasteiger partial charge in [-0.05, 0) is 0 Å². The first-order valence-electron chi connectivity index (χ1n) is 3.48. The summed E-state index contributed by atoms with van der Waals surface area (Å²) in [6.45, 7) is 0.683. The predicted molar refractivity (Wildman–Crippen MR) is 41.0 cm³/mol. The van der Waals surface area contributed by atoms with Gasteiger partial charge >= 0.3 is 11.9 Å². The van der Waals surface area contributed by atoms with E-state index in [-0.39, 0.29) is 29.9 Å². The molecule has 0 unspecified atom stereocenters. The van der Waals surface area contributed by atoms with E-state index in [1.165, 1.54) is 0 Å². The van der Waals surface area contributed by atoms with Gasteiger partial charge in [-0.25, -0.2) is 0 Å². The van der Waals surface area contributed by atoms with E-state index in [0.717, 1.165) is 0 Å². The van der Waals surface area contributed by atoms with Gasteiger partial charge in [-0.3, -0.25) is 9.59 Å². The third-order valence-corrected chi connectivity index (χ3v) is 1.03. The fourth-order valence-electron chi connectivity index (χ4n) is 0.567. The van der Waals surface area contributed by atoms with Crippen LogP contribution in [0.5, 0.6) is 0 Å². The minimum atomic E-state index is -0.923. The maximum Gasteiger partial charge on any atom is 0.317 e. The van der Waals surface area contributed by atoms with Gasteiger partial charge in [0, 0.05) is 29.9 Å². The van der Waals surface area contributed by atoms with Gasteiger partial charge in [-0.2, -0.15) is 0 Å². The van der Waals surface area contributed by atoms with Crippen LogP contribution in [0, 0.1) is 0 Å². The standard InChI is InChI=1S/C6H12N2O4.Co/c9-5(10)3-7-1-2-8-4-6(11)12;/h7-8H,1-4H2,(H,9,10)(H,11,12);. The van der Waals surface area contributed by atoms with Crippen molar-refractivity contribution in [3.05, 3.63) is 0 Å². The first-order chi connectivity index (χ1) is 5.63. The van der Waals surface area contributed by atoms with E-state index in [1.807, 2.05) is 0 Å². The largest absolute Gasteiger partial charge is 0.480 e. The quantitative estimate of drug-likeness (QED) is 0.394. The van der Waals surface area contributed by atoms with Crippen molar-refractivity contribution in [3.63, 3.8) is 0 Å². The van der Waals surface area contributed by atoms with Crippen molar-refractivity contribution >= 4 is 11.9 Å². The molecule has 0 fully saturated rings. The number of carbonyl (C=O) groups is 2. The predicted octanol–water partition coefficient (Wildman–Crippen LogP) is -1.67. The molecule has 0 saturated heterocycles. The first kappa shape index (κ1) is 14.9. The van der Waals surface area contributed by atoms with Crippen molar-refractivity contribution in [2.24, 2.45) is 0 Å². The summed E-state index contributed by atoms with van der Waals surface area (Å²) in [5, 5.41) is 21.6. The number of carboxylic acid groups (broad SMARTS) is 2. The van der Waals surface area contributed by atoms with Gasteiger partial charge in [0.1, 0.15) is 0 Å². The maximum atomic E-state index is 9.96. The van der Waals surface area contributed by atoms with Crippen molar-refractivity contribution in [1.29, 1.82) is 0 Å². The van der Waals surface area contributed by atoms with Gasteiger partial charge in [0.25, 0.3) is 0 Å². The SMILES string of the molecule is O=C(O)CNCCNCC(=O)O.[Co]. The summed E-state index contributed by atoms with van der Waals surface area (Å²) in [6.07, 6.45) is 0. The number of hydrogen-bond donors (Lipinski definition) is 4. The molecule has 0 aromatic rings. The van der Waals surface area contributed by atoms with E-state index >= 15 is 0 Å². The van der Waals surface area contributed by atoms with Crippen molar-refractivity contribution in [1.82, 2.24) is 10.6 Å². The molecule has 0 spiro atoms. The molecule has 1 radical (unpaired) electrons. The van der Waals surface area contributed by atoms with Crippen LogP contribution in [0.15, 0.2) is 0 Å². The monoisotopic (exact) mass is 235 g/mol. The number of rotatable bonds is 7. The average molecular weight is 235 g/mol. The first-order valence-corrected chi connectivity index (χ1v) is 3.48. The van der Waals surface area contributed by atoms with Crippen molar-refractivity contribution in [2.45, 2.75) is 0 Å². The zero-order valence-electron chi connectivity index (χ0n) is 6.87. The molecular weight excluding hydrogens is 223 g/mol. The summed E-state index contributed by atoms with van der Waals surface area (Å²) in [7, 11) is 0. The summed E-state index contributed by atoms with van der Waals surface area (Å²) in [6, 6.07) is 0. The Morgan fingerprint density at radius 2 is 1.23 bits per heavy atom. The van der Waals surface area contributed by atoms with E-state index in [2.05, 4.69) is 10.6 Å². The Kier molecular flexibility index (Phi) is 10.8. The summed E-state index contributed by atoms with van der Waals surface area (Å²) in [5.41, 5.74) is 0. The van der Waals surface area contributed by atoms with E-state index in [1.54, 1.807) is 0 Å². The van der Waals surface area contributed by atoms with Crippen molar-refractivity contribution < 1.29 is 36.6 Å². The second-order valence-electron chi connectivity index (χ2n) is 2.14. The second kappa shape index (κ2) is 9.45. The maximum absolute atomic E-state index is 9.96. The molecule has 0 rings (SSSR count). The van der Waals surface area contributed by atoms with E-state index in [4.69, 9.17) is 10.2 Å². The molecule has 0 atom stereocenters. The molecular formula is C6H12CoN2O4. The van der Waals surface area contributed by atoms with Crippen molar-refractivity contribution in [2.75, 3.05) is 26.2 Å². The average Bonchev–Trinajstić information content (AvgIpc) is 1.95. The van der Waals surface area contributed by atoms with Crippen molar-refractivity contribution in [3.8, 4) is 0 Å². The minimum Gasteiger partial charge on any atom is -0.480 e. The zero-order chi connectivity index (χ0) is 9.40. The second-order valence-corrected chi connectivity index (χ2v) is 2.14. The number of aliphatic carboxylic acids is 2. The summed E-state index contributed by atoms with van der Waals surface area (Å²) in [4.78, 5) is 19.9. The summed E-state index contributed by atoms with van der Waals surface area (Å²) < 4.78 is 0. The smallest absolute Gasteiger partial charge is 0.317 e. The molecule has 6 nitrogen and oxygen atoms in total. The van der Waals surface area contributed by atoms with Crippen LogP contribution < -0.4 is 10.6 Å². The molecule has 7 heteroatoms. The molecule has 0 heterocycles. The molecule has 0 bridgehead atoms. The van der Waals surface area contributed by atoms with Crippen LogP contribution in [-0.4, -0.2) is 48.3 Å². The van der Waals surface area contributed by atoms with Crippen LogP contribution in [0.2, 0.25) is 0 Å². The van der Waals surface area contributed by atoms with E-state index in [0.29, 0.717) is 13.1 Å². The van der Waals surface area contributed by atoms with Gasteiger partial charge in [-0.15, -0.1) is 0 Å². The number of nitrogens with one attached hydrogen (secondary N) is 2. The molecule has 79 valence electrons. The Balaban J connectivity index is 0. The molecule has 0 aliphatic carbocycles. The Morgan fingerprint density at radius 3 is 1.46 bits per heavy atom. The topological polar surface area (TPSA) is 98.7 Å². The Labute approximate surface area is 85.9 Å². The minimum absolute atomic E-state index is 0. The molecule has 0 amide bonds. The third kappa shape index (κ3) is 14.2. The third-order valence-electron chi connectivity index (χ3n) is 1.03. The molecule has 0 aromatic carbocycles. The van der Waals surface area contributed by atoms with Crippen LogP contribution in [0.3, 0.4) is 0 Å². The Bertz CT molecular complexity index is 147. The van der Waals surface area contributed by atoms with Gasteiger partial charge in [0.15, 0.2) is 0 Å². The Hall–Kier alpha value is -0.634. The molecule has 13 heavy (non-hydrogen) atoms. The fraction of sp³-hybridized carbons (Fsp3) is 0.667. The van der Waals surface area contributed by atoms with Crippen LogP contribution in [0.1, 0.15) is 0 Å². The normalized spacial score (nSPS) is 8.92. The van der Waals surface area contributed by atoms with Crippen LogP contribution in [-0.2, 0) is 26.4 Å². The van der Waals surface area contributed by atoms with E-state index < -0.39 is 11.9 Å². The molecule has 0 aromatic heterocycles. The van der Waals surface area contributed by atoms with Crippen LogP contribution in [0.4, 0.5) is 0 Å². The van der Waals surface area contributed by atoms with Gasteiger partial charge in [0.05, 0.1) is 13.1 Å². The molecule has 4 N–H and O–H groups in total. The number of carboxylic acids is 2. The van der Waals surface area contributed by atoms with Crippen LogP contribution >= 0.6 is 0 Å². The summed E-state index contributed by atoms with van der Waals surface area (Å²) in [5.74, 6) is -1.85. The van der Waals surface area contributed by atoms with Crippen LogP contribution in [0.25, 0.3) is 0 Å². The van der Waals surface area contributed by atoms with Gasteiger partial charge < -0.3 is 20.8 Å². The van der Waals surface area contributed by atoms with E-state index in [9.17, 15) is 9.59 Å². The zero-order valence-corrected chi connectivity index (χ0v) is 7.91. The van der Waals surface area contributed by atoms with Gasteiger partial charge in [-0.1, -0.05) is 0 Å². The number of hydrogen-bond acceptors (Lipinski definition) is 4. The molecule has 0 saturated carbocycles. The fourth-order valence-corrected chi connectivity index (χ4v) is 0.567. The Morgan fingerprint density at radius 1 is 0.923 bits per heavy atom. The molecule has 0 aliphatic rings. The van der Waals surface area contributed by atoms with Gasteiger partial charge in [0.2, 0.25) is 0 Å². The molecule has 0 aliphatic heterocycles.